The van der Waals surface area contributed by atoms with Crippen molar-refractivity contribution in [3.63, 3.8) is 0 Å². The molecule has 294 valence electrons. The Morgan fingerprint density at radius 3 is 2.30 bits per heavy atom. The maximum Gasteiger partial charge on any atom is 0.316 e. The summed E-state index contributed by atoms with van der Waals surface area (Å²) in [5.41, 5.74) is 1.19. The van der Waals surface area contributed by atoms with E-state index in [1.54, 1.807) is 21.0 Å². The third-order valence-corrected chi connectivity index (χ3v) is 15.9. The summed E-state index contributed by atoms with van der Waals surface area (Å²) < 4.78 is 17.7. The lowest BCUT2D eigenvalue weighted by Gasteiger charge is -2.72. The van der Waals surface area contributed by atoms with E-state index in [1.807, 2.05) is 24.3 Å². The van der Waals surface area contributed by atoms with Crippen molar-refractivity contribution in [2.24, 2.45) is 50.7 Å². The Bertz CT molecular complexity index is 1860. The van der Waals surface area contributed by atoms with E-state index in [9.17, 15) is 19.5 Å². The van der Waals surface area contributed by atoms with Crippen LogP contribution in [0.1, 0.15) is 127 Å². The predicted molar refractivity (Wildman–Crippen MR) is 206 cm³/mol. The first-order valence-electron chi connectivity index (χ1n) is 20.2. The van der Waals surface area contributed by atoms with Crippen molar-refractivity contribution < 1.29 is 33.4 Å². The van der Waals surface area contributed by atoms with Gasteiger partial charge in [-0.1, -0.05) is 53.6 Å². The Hall–Kier alpha value is -3.69. The number of ketones is 1. The molecule has 0 aliphatic heterocycles. The van der Waals surface area contributed by atoms with Gasteiger partial charge in [0.2, 0.25) is 5.89 Å². The van der Waals surface area contributed by atoms with E-state index in [0.717, 1.165) is 68.3 Å². The van der Waals surface area contributed by atoms with Crippen LogP contribution in [-0.4, -0.2) is 51.8 Å². The van der Waals surface area contributed by atoms with Gasteiger partial charge in [0.05, 0.1) is 24.5 Å². The lowest BCUT2D eigenvalue weighted by atomic mass is 9.33. The number of fused-ring (bicyclic) bond motifs is 7. The van der Waals surface area contributed by atoms with Gasteiger partial charge < -0.3 is 24.3 Å². The van der Waals surface area contributed by atoms with E-state index in [4.69, 9.17) is 13.9 Å². The second-order valence-corrected chi connectivity index (χ2v) is 19.7. The van der Waals surface area contributed by atoms with Crippen molar-refractivity contribution in [3.8, 4) is 17.2 Å². The zero-order chi connectivity index (χ0) is 39.2. The summed E-state index contributed by atoms with van der Waals surface area (Å²) in [7, 11) is 1.64. The average molecular weight is 744 g/mol. The highest BCUT2D eigenvalue weighted by atomic mass is 16.5. The number of nitrogens with one attached hydrogen (secondary N) is 1. The molecule has 10 nitrogen and oxygen atoms in total. The topological polar surface area (TPSA) is 141 Å². The molecule has 0 saturated heterocycles. The monoisotopic (exact) mass is 743 g/mol. The zero-order valence-electron chi connectivity index (χ0n) is 34.1. The molecule has 4 fully saturated rings. The Labute approximate surface area is 320 Å². The molecular formula is C44H61N3O7. The van der Waals surface area contributed by atoms with Gasteiger partial charge in [-0.25, -0.2) is 0 Å². The number of hydrogen-bond donors (Lipinski definition) is 2. The summed E-state index contributed by atoms with van der Waals surface area (Å²) in [5, 5.41) is 22.2. The molecule has 1 aromatic carbocycles. The average Bonchev–Trinajstić information content (AvgIpc) is 3.67. The summed E-state index contributed by atoms with van der Waals surface area (Å²) in [4.78, 5) is 39.0. The van der Waals surface area contributed by atoms with E-state index in [2.05, 4.69) is 64.0 Å². The second-order valence-electron chi connectivity index (χ2n) is 19.7. The molecule has 4 saturated carbocycles. The normalized spacial score (nSPS) is 35.8. The van der Waals surface area contributed by atoms with Gasteiger partial charge in [-0.05, 0) is 141 Å². The molecule has 0 amide bonds. The van der Waals surface area contributed by atoms with Gasteiger partial charge in [-0.3, -0.25) is 14.4 Å². The molecule has 0 spiro atoms. The molecule has 5 aliphatic carbocycles. The van der Waals surface area contributed by atoms with Gasteiger partial charge in [-0.15, -0.1) is 5.10 Å². The molecule has 54 heavy (non-hydrogen) atoms. The van der Waals surface area contributed by atoms with E-state index < -0.39 is 22.9 Å². The molecular weight excluding hydrogens is 682 g/mol. The SMILES string of the molecule is COc1ccc(-c2nnc(N[C@@]34CC[C@]5(C)[C@H](CC[C@@H]6[C@@]7(C)CC[C@H](OC(=O)CC(C)(C)C(=O)O)C(C)(C)[C@@H]7CC[C@]65C)C3=C(C(C)C)C(=O)C4)o2)cc1. The third kappa shape index (κ3) is 5.74. The van der Waals surface area contributed by atoms with Crippen molar-refractivity contribution in [3.05, 3.63) is 35.4 Å². The van der Waals surface area contributed by atoms with Crippen LogP contribution in [-0.2, 0) is 19.1 Å². The van der Waals surface area contributed by atoms with Crippen molar-refractivity contribution in [2.75, 3.05) is 12.4 Å². The third-order valence-electron chi connectivity index (χ3n) is 15.9. The fraction of sp³-hybridized carbons (Fsp3) is 0.705. The van der Waals surface area contributed by atoms with E-state index in [0.29, 0.717) is 30.2 Å². The molecule has 10 heteroatoms. The van der Waals surface area contributed by atoms with Crippen LogP contribution in [0, 0.1) is 50.7 Å². The molecule has 0 bridgehead atoms. The quantitative estimate of drug-likeness (QED) is 0.239. The van der Waals surface area contributed by atoms with Gasteiger partial charge in [0, 0.05) is 17.4 Å². The molecule has 0 radical (unpaired) electrons. The summed E-state index contributed by atoms with van der Waals surface area (Å²) in [6, 6.07) is 7.89. The number of benzene rings is 1. The highest BCUT2D eigenvalue weighted by Gasteiger charge is 2.70. The number of carboxylic acid groups (broad SMARTS) is 1. The highest BCUT2D eigenvalue weighted by Crippen LogP contribution is 2.76. The first-order valence-corrected chi connectivity index (χ1v) is 20.2. The zero-order valence-corrected chi connectivity index (χ0v) is 34.1. The maximum absolute atomic E-state index is 14.1. The number of carboxylic acids is 1. The van der Waals surface area contributed by atoms with Crippen LogP contribution in [0.3, 0.4) is 0 Å². The largest absolute Gasteiger partial charge is 0.497 e. The van der Waals surface area contributed by atoms with E-state index in [-0.39, 0.29) is 51.8 Å². The number of anilines is 1. The van der Waals surface area contributed by atoms with Crippen molar-refractivity contribution in [1.29, 1.82) is 0 Å². The van der Waals surface area contributed by atoms with Crippen LogP contribution in [0.15, 0.2) is 39.8 Å². The van der Waals surface area contributed by atoms with Crippen LogP contribution in [0.5, 0.6) is 5.75 Å². The van der Waals surface area contributed by atoms with Crippen LogP contribution in [0.25, 0.3) is 11.5 Å². The van der Waals surface area contributed by atoms with Crippen LogP contribution < -0.4 is 10.1 Å². The molecule has 7 rings (SSSR count). The number of rotatable bonds is 9. The van der Waals surface area contributed by atoms with E-state index >= 15 is 0 Å². The van der Waals surface area contributed by atoms with Crippen LogP contribution in [0.2, 0.25) is 0 Å². The van der Waals surface area contributed by atoms with Gasteiger partial charge in [-0.2, -0.15) is 0 Å². The van der Waals surface area contributed by atoms with Gasteiger partial charge in [0.15, 0.2) is 5.78 Å². The molecule has 1 aromatic heterocycles. The minimum Gasteiger partial charge on any atom is -0.497 e. The van der Waals surface area contributed by atoms with Gasteiger partial charge >= 0.3 is 18.0 Å². The number of aromatic nitrogens is 2. The number of Topliss-reactive ketones (excluding diaryl/α,β-unsaturated/α-hetero) is 1. The Balaban J connectivity index is 1.17. The minimum atomic E-state index is -1.17. The number of methoxy groups -OCH3 is 1. The lowest BCUT2D eigenvalue weighted by molar-refractivity contribution is -0.231. The first kappa shape index (κ1) is 38.6. The van der Waals surface area contributed by atoms with Crippen molar-refractivity contribution in [1.82, 2.24) is 10.2 Å². The van der Waals surface area contributed by atoms with Crippen molar-refractivity contribution in [2.45, 2.75) is 138 Å². The number of carbonyl (C=O) groups excluding carboxylic acids is 2. The summed E-state index contributed by atoms with van der Waals surface area (Å²) in [5.74, 6) is 1.19. The molecule has 0 unspecified atom stereocenters. The number of hydrogen-bond acceptors (Lipinski definition) is 9. The van der Waals surface area contributed by atoms with Gasteiger partial charge in [0.25, 0.3) is 0 Å². The van der Waals surface area contributed by atoms with Crippen molar-refractivity contribution >= 4 is 23.7 Å². The number of nitrogens with zero attached hydrogens (tertiary/aromatic N) is 2. The fourth-order valence-electron chi connectivity index (χ4n) is 12.9. The fourth-order valence-corrected chi connectivity index (χ4v) is 12.9. The molecule has 8 atom stereocenters. The Morgan fingerprint density at radius 2 is 1.65 bits per heavy atom. The Morgan fingerprint density at radius 1 is 0.944 bits per heavy atom. The number of carbonyl (C=O) groups is 3. The minimum absolute atomic E-state index is 0.0197. The highest BCUT2D eigenvalue weighted by molar-refractivity contribution is 6.02. The summed E-state index contributed by atoms with van der Waals surface area (Å²) in [6.07, 6.45) is 7.79. The van der Waals surface area contributed by atoms with Crippen LogP contribution >= 0.6 is 0 Å². The number of esters is 1. The number of ether oxygens (including phenoxy) is 2. The molecule has 2 aromatic rings. The molecule has 2 N–H and O–H groups in total. The van der Waals surface area contributed by atoms with Crippen LogP contribution in [0.4, 0.5) is 6.01 Å². The maximum atomic E-state index is 14.1. The van der Waals surface area contributed by atoms with Gasteiger partial charge in [0.1, 0.15) is 11.9 Å². The molecule has 1 heterocycles. The standard InChI is InChI=1S/C44H61N3O7/c1-25(2)34-29(48)23-44(45-38-47-46-36(54-38)26-11-13-27(52-10)14-12-26)22-21-42(8)28(35(34)44)15-16-31-41(7)19-18-32(53-33(49)24-39(3,4)37(50)51)40(5,6)30(41)17-20-43(31,42)9/h11-14,25,28,30-32H,15-24H2,1-10H3,(H,45,47)(H,50,51)/t28-,30+,31-,32+,41+,42-,43-,44-/m1/s1. The molecule has 5 aliphatic rings. The predicted octanol–water partition coefficient (Wildman–Crippen LogP) is 9.30. The summed E-state index contributed by atoms with van der Waals surface area (Å²) in [6.45, 7) is 19.6. The van der Waals surface area contributed by atoms with E-state index in [1.165, 1.54) is 5.57 Å². The first-order chi connectivity index (χ1) is 25.2. The lowest BCUT2D eigenvalue weighted by Crippen LogP contribution is -2.66. The smallest absolute Gasteiger partial charge is 0.316 e. The summed E-state index contributed by atoms with van der Waals surface area (Å²) >= 11 is 0. The Kier molecular flexibility index (Phi) is 9.24. The number of allylic oxidation sites excluding steroid dienone is 1. The number of aliphatic carboxylic acids is 1. The second kappa shape index (κ2) is 12.9.